The number of benzene rings is 2. The van der Waals surface area contributed by atoms with E-state index in [1.54, 1.807) is 12.1 Å². The van der Waals surface area contributed by atoms with Crippen LogP contribution < -0.4 is 10.1 Å². The summed E-state index contributed by atoms with van der Waals surface area (Å²) in [5.74, 6) is -0.574. The summed E-state index contributed by atoms with van der Waals surface area (Å²) in [4.78, 5) is 12.7. The quantitative estimate of drug-likeness (QED) is 0.361. The van der Waals surface area contributed by atoms with E-state index in [-0.39, 0.29) is 22.0 Å². The molecule has 0 heterocycles. The number of hydrogen-bond donors (Lipinski definition) is 2. The second-order valence-corrected chi connectivity index (χ2v) is 6.03. The van der Waals surface area contributed by atoms with E-state index >= 15 is 0 Å². The van der Waals surface area contributed by atoms with Crippen LogP contribution in [0.25, 0.3) is 6.08 Å². The van der Waals surface area contributed by atoms with Gasteiger partial charge in [-0.05, 0) is 54.1 Å². The number of nitrogens with one attached hydrogen (secondary N) is 1. The highest BCUT2D eigenvalue weighted by Crippen LogP contribution is 2.38. The number of nitrogens with zero attached hydrogens (tertiary/aromatic N) is 2. The van der Waals surface area contributed by atoms with Crippen molar-refractivity contribution in [2.45, 2.75) is 11.8 Å². The number of carbonyl (C=O) groups is 1. The van der Waals surface area contributed by atoms with Crippen LogP contribution in [0.4, 0.5) is 5.69 Å². The lowest BCUT2D eigenvalue weighted by Crippen LogP contribution is -2.14. The summed E-state index contributed by atoms with van der Waals surface area (Å²) < 4.78 is 5.07. The molecule has 0 atom stereocenters. The first-order chi connectivity index (χ1) is 12.5. The molecule has 6 nitrogen and oxygen atoms in total. The Bertz CT molecular complexity index is 955. The number of para-hydroxylation sites is 1. The van der Waals surface area contributed by atoms with Crippen LogP contribution in [0.1, 0.15) is 11.1 Å². The van der Waals surface area contributed by atoms with Gasteiger partial charge < -0.3 is 15.2 Å². The topological polar surface area (TPSA) is 106 Å². The number of nitriles is 2. The summed E-state index contributed by atoms with van der Waals surface area (Å²) in [5.41, 5.74) is 1.82. The first kappa shape index (κ1) is 18.9. The third-order valence-corrected chi connectivity index (χ3v) is 4.13. The highest BCUT2D eigenvalue weighted by atomic mass is 32.2. The van der Waals surface area contributed by atoms with Gasteiger partial charge >= 0.3 is 0 Å². The Balaban J connectivity index is 2.38. The summed E-state index contributed by atoms with van der Waals surface area (Å²) in [5, 5.41) is 32.7. The molecule has 0 aromatic heterocycles. The molecule has 2 rings (SSSR count). The Morgan fingerprint density at radius 3 is 2.65 bits per heavy atom. The normalized spacial score (nSPS) is 10.5. The van der Waals surface area contributed by atoms with Crippen LogP contribution >= 0.6 is 11.8 Å². The van der Waals surface area contributed by atoms with Crippen molar-refractivity contribution in [3.05, 3.63) is 53.1 Å². The van der Waals surface area contributed by atoms with E-state index in [0.717, 1.165) is 17.3 Å². The van der Waals surface area contributed by atoms with Crippen LogP contribution in [-0.4, -0.2) is 18.1 Å². The SMILES string of the molecule is COc1cc(/C=C(/C#N)C(=O)Nc2ccccc2C)cc(SC#N)c1O. The maximum Gasteiger partial charge on any atom is 0.266 e. The number of thioether (sulfide) groups is 1. The predicted octanol–water partition coefficient (Wildman–Crippen LogP) is 3.83. The Morgan fingerprint density at radius 1 is 1.31 bits per heavy atom. The third-order valence-electron chi connectivity index (χ3n) is 3.51. The first-order valence-electron chi connectivity index (χ1n) is 7.45. The molecule has 0 aliphatic carbocycles. The number of ether oxygens (including phenoxy) is 1. The number of phenols is 1. The minimum Gasteiger partial charge on any atom is -0.503 e. The predicted molar refractivity (Wildman–Crippen MR) is 99.5 cm³/mol. The van der Waals surface area contributed by atoms with E-state index in [0.29, 0.717) is 11.3 Å². The van der Waals surface area contributed by atoms with Crippen molar-refractivity contribution >= 4 is 29.4 Å². The van der Waals surface area contributed by atoms with Gasteiger partial charge in [-0.15, -0.1) is 0 Å². The van der Waals surface area contributed by atoms with Crippen LogP contribution in [0.5, 0.6) is 11.5 Å². The molecule has 0 saturated heterocycles. The van der Waals surface area contributed by atoms with Crippen molar-refractivity contribution in [3.63, 3.8) is 0 Å². The van der Waals surface area contributed by atoms with Gasteiger partial charge in [-0.25, -0.2) is 0 Å². The molecule has 26 heavy (non-hydrogen) atoms. The van der Waals surface area contributed by atoms with Gasteiger partial charge in [-0.3, -0.25) is 4.79 Å². The molecule has 2 aromatic carbocycles. The zero-order valence-electron chi connectivity index (χ0n) is 14.1. The standard InChI is InChI=1S/C19H15N3O3S/c1-12-5-3-4-6-15(12)22-19(24)14(10-20)7-13-8-16(25-2)18(23)17(9-13)26-11-21/h3-9,23H,1-2H3,(H,22,24)/b14-7-. The van der Waals surface area contributed by atoms with Crippen molar-refractivity contribution in [2.24, 2.45) is 0 Å². The number of anilines is 1. The van der Waals surface area contributed by atoms with Crippen molar-refractivity contribution in [1.29, 1.82) is 10.5 Å². The van der Waals surface area contributed by atoms with Gasteiger partial charge in [0.1, 0.15) is 17.0 Å². The van der Waals surface area contributed by atoms with E-state index in [1.165, 1.54) is 25.3 Å². The molecule has 130 valence electrons. The Labute approximate surface area is 155 Å². The number of aromatic hydroxyl groups is 1. The molecule has 7 heteroatoms. The van der Waals surface area contributed by atoms with E-state index in [9.17, 15) is 15.2 Å². The lowest BCUT2D eigenvalue weighted by molar-refractivity contribution is -0.112. The second kappa shape index (κ2) is 8.61. The van der Waals surface area contributed by atoms with Gasteiger partial charge in [0.15, 0.2) is 11.5 Å². The van der Waals surface area contributed by atoms with Crippen molar-refractivity contribution in [1.82, 2.24) is 0 Å². The zero-order chi connectivity index (χ0) is 19.1. The van der Waals surface area contributed by atoms with Crippen LogP contribution in [0.2, 0.25) is 0 Å². The van der Waals surface area contributed by atoms with Crippen molar-refractivity contribution in [2.75, 3.05) is 12.4 Å². The zero-order valence-corrected chi connectivity index (χ0v) is 14.9. The summed E-state index contributed by atoms with van der Waals surface area (Å²) in [6.45, 7) is 1.85. The molecule has 0 bridgehead atoms. The first-order valence-corrected chi connectivity index (χ1v) is 8.27. The fourth-order valence-corrected chi connectivity index (χ4v) is 2.68. The number of hydrogen-bond acceptors (Lipinski definition) is 6. The number of carbonyl (C=O) groups excluding carboxylic acids is 1. The molecular formula is C19H15N3O3S. The third kappa shape index (κ3) is 4.35. The minimum atomic E-state index is -0.552. The average molecular weight is 365 g/mol. The number of rotatable bonds is 5. The molecule has 1 amide bonds. The van der Waals surface area contributed by atoms with Gasteiger partial charge in [0.25, 0.3) is 5.91 Å². The van der Waals surface area contributed by atoms with Crippen LogP contribution in [0, 0.1) is 28.9 Å². The molecule has 0 unspecified atom stereocenters. The fourth-order valence-electron chi connectivity index (χ4n) is 2.19. The minimum absolute atomic E-state index is 0.117. The molecule has 2 N–H and O–H groups in total. The summed E-state index contributed by atoms with van der Waals surface area (Å²) in [7, 11) is 1.37. The largest absolute Gasteiger partial charge is 0.503 e. The van der Waals surface area contributed by atoms with Crippen molar-refractivity contribution < 1.29 is 14.6 Å². The molecule has 0 aliphatic rings. The van der Waals surface area contributed by atoms with Crippen LogP contribution in [-0.2, 0) is 4.79 Å². The number of phenolic OH excluding ortho intramolecular Hbond substituents is 1. The fraction of sp³-hybridized carbons (Fsp3) is 0.105. The summed E-state index contributed by atoms with van der Waals surface area (Å²) in [6, 6.07) is 12.1. The van der Waals surface area contributed by atoms with Gasteiger partial charge in [0.2, 0.25) is 0 Å². The monoisotopic (exact) mass is 365 g/mol. The molecular weight excluding hydrogens is 350 g/mol. The van der Waals surface area contributed by atoms with E-state index in [4.69, 9.17) is 10.00 Å². The highest BCUT2D eigenvalue weighted by Gasteiger charge is 2.14. The van der Waals surface area contributed by atoms with Crippen LogP contribution in [0.15, 0.2) is 46.9 Å². The molecule has 0 radical (unpaired) electrons. The molecule has 0 saturated carbocycles. The molecule has 0 fully saturated rings. The number of aryl methyl sites for hydroxylation is 1. The molecule has 2 aromatic rings. The van der Waals surface area contributed by atoms with Crippen molar-refractivity contribution in [3.8, 4) is 23.0 Å². The number of amides is 1. The van der Waals surface area contributed by atoms with Gasteiger partial charge in [-0.1, -0.05) is 18.2 Å². The van der Waals surface area contributed by atoms with Gasteiger partial charge in [0, 0.05) is 5.69 Å². The van der Waals surface area contributed by atoms with E-state index in [1.807, 2.05) is 30.5 Å². The lowest BCUT2D eigenvalue weighted by atomic mass is 10.1. The highest BCUT2D eigenvalue weighted by molar-refractivity contribution is 8.03. The van der Waals surface area contributed by atoms with Gasteiger partial charge in [-0.2, -0.15) is 10.5 Å². The van der Waals surface area contributed by atoms with E-state index < -0.39 is 5.91 Å². The lowest BCUT2D eigenvalue weighted by Gasteiger charge is -2.09. The maximum absolute atomic E-state index is 12.4. The van der Waals surface area contributed by atoms with Gasteiger partial charge in [0.05, 0.1) is 12.0 Å². The average Bonchev–Trinajstić information content (AvgIpc) is 2.64. The van der Waals surface area contributed by atoms with E-state index in [2.05, 4.69) is 5.32 Å². The summed E-state index contributed by atoms with van der Waals surface area (Å²) in [6.07, 6.45) is 1.37. The Morgan fingerprint density at radius 2 is 2.04 bits per heavy atom. The second-order valence-electron chi connectivity index (χ2n) is 5.20. The Kier molecular flexibility index (Phi) is 6.26. The maximum atomic E-state index is 12.4. The number of thiocyanates is 1. The Hall–Kier alpha value is -3.42. The van der Waals surface area contributed by atoms with Crippen LogP contribution in [0.3, 0.4) is 0 Å². The summed E-state index contributed by atoms with van der Waals surface area (Å²) >= 11 is 0.756. The molecule has 0 spiro atoms. The number of methoxy groups -OCH3 is 1. The molecule has 0 aliphatic heterocycles. The smallest absolute Gasteiger partial charge is 0.266 e.